The molecule has 0 saturated carbocycles. The predicted octanol–water partition coefficient (Wildman–Crippen LogP) is 2.78. The van der Waals surface area contributed by atoms with Crippen LogP contribution in [0.25, 0.3) is 11.3 Å². The Hall–Kier alpha value is -3.13. The van der Waals surface area contributed by atoms with Gasteiger partial charge in [0.1, 0.15) is 11.4 Å². The second kappa shape index (κ2) is 8.93. The van der Waals surface area contributed by atoms with E-state index in [-0.39, 0.29) is 5.91 Å². The molecular weight excluding hydrogens is 392 g/mol. The minimum atomic E-state index is 0.00393. The van der Waals surface area contributed by atoms with Gasteiger partial charge in [-0.1, -0.05) is 12.1 Å². The first kappa shape index (κ1) is 21.1. The lowest BCUT2D eigenvalue weighted by atomic mass is 10.1. The number of hydrogen-bond acceptors (Lipinski definition) is 5. The van der Waals surface area contributed by atoms with Crippen molar-refractivity contribution in [3.8, 4) is 17.0 Å². The molecule has 3 heterocycles. The van der Waals surface area contributed by atoms with Gasteiger partial charge in [-0.3, -0.25) is 19.5 Å². The third-order valence-corrected chi connectivity index (χ3v) is 6.01. The molecule has 1 saturated heterocycles. The lowest BCUT2D eigenvalue weighted by Gasteiger charge is -2.21. The van der Waals surface area contributed by atoms with E-state index in [1.54, 1.807) is 7.11 Å². The summed E-state index contributed by atoms with van der Waals surface area (Å²) in [6, 6.07) is 10.0. The molecule has 0 atom stereocenters. The van der Waals surface area contributed by atoms with E-state index in [9.17, 15) is 4.79 Å². The monoisotopic (exact) mass is 422 g/mol. The highest BCUT2D eigenvalue weighted by molar-refractivity contribution is 5.93. The highest BCUT2D eigenvalue weighted by atomic mass is 16.5. The molecule has 31 heavy (non-hydrogen) atoms. The third kappa shape index (κ3) is 4.49. The Morgan fingerprint density at radius 3 is 2.58 bits per heavy atom. The number of carbonyl (C=O) groups excluding carboxylic acids is 1. The summed E-state index contributed by atoms with van der Waals surface area (Å²) in [6.07, 6.45) is 0.948. The van der Waals surface area contributed by atoms with Gasteiger partial charge >= 0.3 is 0 Å². The molecule has 2 aromatic heterocycles. The average molecular weight is 423 g/mol. The van der Waals surface area contributed by atoms with Crippen LogP contribution in [0.2, 0.25) is 0 Å². The molecule has 0 unspecified atom stereocenters. The average Bonchev–Trinajstić information content (AvgIpc) is 3.25. The molecule has 1 aromatic carbocycles. The fourth-order valence-electron chi connectivity index (χ4n) is 4.20. The molecule has 4 rings (SSSR count). The number of rotatable bonds is 5. The summed E-state index contributed by atoms with van der Waals surface area (Å²) in [4.78, 5) is 17.4. The van der Waals surface area contributed by atoms with Crippen LogP contribution in [0.4, 0.5) is 0 Å². The van der Waals surface area contributed by atoms with Gasteiger partial charge in [-0.15, -0.1) is 0 Å². The van der Waals surface area contributed by atoms with E-state index in [0.717, 1.165) is 61.0 Å². The number of benzene rings is 1. The molecule has 1 amide bonds. The zero-order valence-corrected chi connectivity index (χ0v) is 18.7. The van der Waals surface area contributed by atoms with Crippen molar-refractivity contribution in [1.29, 1.82) is 0 Å². The van der Waals surface area contributed by atoms with Crippen LogP contribution < -0.4 is 4.74 Å². The van der Waals surface area contributed by atoms with Gasteiger partial charge < -0.3 is 9.64 Å². The number of ether oxygens (including phenoxy) is 1. The van der Waals surface area contributed by atoms with E-state index in [0.29, 0.717) is 12.2 Å². The van der Waals surface area contributed by atoms with Gasteiger partial charge in [0.15, 0.2) is 0 Å². The maximum absolute atomic E-state index is 13.1. The molecule has 164 valence electrons. The first-order valence-corrected chi connectivity index (χ1v) is 10.7. The minimum absolute atomic E-state index is 0.00393. The van der Waals surface area contributed by atoms with Crippen molar-refractivity contribution in [3.05, 3.63) is 53.0 Å². The fraction of sp³-hybridized carbons (Fsp3) is 0.435. The number of carbonyl (C=O) groups is 1. The normalized spacial score (nSPS) is 15.2. The number of nitrogens with one attached hydrogen (secondary N) is 1. The Labute approximate surface area is 182 Å². The van der Waals surface area contributed by atoms with Crippen LogP contribution in [0.1, 0.15) is 33.9 Å². The highest BCUT2D eigenvalue weighted by Gasteiger charge is 2.23. The SMILES string of the molecule is COc1ccc(CN2CCCN(C(=O)c3cc(-c4c(C)nn(C)c4C)n[nH]3)CC2)cc1. The largest absolute Gasteiger partial charge is 0.497 e. The summed E-state index contributed by atoms with van der Waals surface area (Å²) in [5.74, 6) is 0.872. The zero-order chi connectivity index (χ0) is 22.0. The molecule has 0 radical (unpaired) electrons. The van der Waals surface area contributed by atoms with Crippen molar-refractivity contribution in [2.24, 2.45) is 7.05 Å². The zero-order valence-electron chi connectivity index (χ0n) is 18.7. The number of nitrogens with zero attached hydrogens (tertiary/aromatic N) is 5. The molecular formula is C23H30N6O2. The number of aromatic amines is 1. The Kier molecular flexibility index (Phi) is 6.08. The van der Waals surface area contributed by atoms with E-state index < -0.39 is 0 Å². The molecule has 3 aromatic rings. The summed E-state index contributed by atoms with van der Waals surface area (Å²) in [6.45, 7) is 8.12. The molecule has 1 aliphatic heterocycles. The number of methoxy groups -OCH3 is 1. The summed E-state index contributed by atoms with van der Waals surface area (Å²) in [5, 5.41) is 11.8. The second-order valence-electron chi connectivity index (χ2n) is 8.11. The number of H-pyrrole nitrogens is 1. The lowest BCUT2D eigenvalue weighted by Crippen LogP contribution is -2.35. The Morgan fingerprint density at radius 1 is 1.13 bits per heavy atom. The van der Waals surface area contributed by atoms with Gasteiger partial charge in [-0.25, -0.2) is 0 Å². The Balaban J connectivity index is 1.40. The van der Waals surface area contributed by atoms with E-state index in [4.69, 9.17) is 4.74 Å². The van der Waals surface area contributed by atoms with Gasteiger partial charge in [0.2, 0.25) is 0 Å². The molecule has 0 spiro atoms. The summed E-state index contributed by atoms with van der Waals surface area (Å²) < 4.78 is 7.08. The van der Waals surface area contributed by atoms with Gasteiger partial charge in [0, 0.05) is 51.0 Å². The van der Waals surface area contributed by atoms with Gasteiger partial charge in [0.25, 0.3) is 5.91 Å². The number of aromatic nitrogens is 4. The molecule has 0 aliphatic carbocycles. The molecule has 8 nitrogen and oxygen atoms in total. The molecule has 1 aliphatic rings. The van der Waals surface area contributed by atoms with Crippen molar-refractivity contribution in [1.82, 2.24) is 29.8 Å². The van der Waals surface area contributed by atoms with Crippen molar-refractivity contribution in [2.45, 2.75) is 26.8 Å². The van der Waals surface area contributed by atoms with Crippen LogP contribution in [0, 0.1) is 13.8 Å². The van der Waals surface area contributed by atoms with Crippen LogP contribution in [-0.2, 0) is 13.6 Å². The first-order valence-electron chi connectivity index (χ1n) is 10.7. The smallest absolute Gasteiger partial charge is 0.271 e. The van der Waals surface area contributed by atoms with E-state index >= 15 is 0 Å². The maximum atomic E-state index is 13.1. The first-order chi connectivity index (χ1) is 15.0. The predicted molar refractivity (Wildman–Crippen MR) is 119 cm³/mol. The van der Waals surface area contributed by atoms with E-state index in [1.165, 1.54) is 5.56 Å². The van der Waals surface area contributed by atoms with Crippen molar-refractivity contribution in [2.75, 3.05) is 33.3 Å². The molecule has 8 heteroatoms. The number of amides is 1. The third-order valence-electron chi connectivity index (χ3n) is 6.01. The topological polar surface area (TPSA) is 79.3 Å². The summed E-state index contributed by atoms with van der Waals surface area (Å²) in [5.41, 5.74) is 5.48. The van der Waals surface area contributed by atoms with Gasteiger partial charge in [-0.05, 0) is 44.0 Å². The van der Waals surface area contributed by atoms with Crippen LogP contribution in [0.3, 0.4) is 0 Å². The highest BCUT2D eigenvalue weighted by Crippen LogP contribution is 2.25. The summed E-state index contributed by atoms with van der Waals surface area (Å²) >= 11 is 0. The van der Waals surface area contributed by atoms with Crippen molar-refractivity contribution < 1.29 is 9.53 Å². The van der Waals surface area contributed by atoms with Crippen molar-refractivity contribution >= 4 is 5.91 Å². The summed E-state index contributed by atoms with van der Waals surface area (Å²) in [7, 11) is 3.59. The van der Waals surface area contributed by atoms with Gasteiger partial charge in [-0.2, -0.15) is 10.2 Å². The number of aryl methyl sites for hydroxylation is 2. The molecule has 1 fully saturated rings. The van der Waals surface area contributed by atoms with Crippen molar-refractivity contribution in [3.63, 3.8) is 0 Å². The standard InChI is InChI=1S/C23H30N6O2/c1-16-22(17(2)27(3)26-16)20-14-21(25-24-20)23(30)29-11-5-10-28(12-13-29)15-18-6-8-19(31-4)9-7-18/h6-9,14H,5,10-13,15H2,1-4H3,(H,24,25). The quantitative estimate of drug-likeness (QED) is 0.684. The molecule has 1 N–H and O–H groups in total. The fourth-order valence-corrected chi connectivity index (χ4v) is 4.20. The Bertz CT molecular complexity index is 1050. The lowest BCUT2D eigenvalue weighted by molar-refractivity contribution is 0.0755. The van der Waals surface area contributed by atoms with Crippen LogP contribution >= 0.6 is 0 Å². The van der Waals surface area contributed by atoms with Crippen LogP contribution in [0.5, 0.6) is 5.75 Å². The van der Waals surface area contributed by atoms with E-state index in [2.05, 4.69) is 32.3 Å². The molecule has 0 bridgehead atoms. The van der Waals surface area contributed by atoms with Gasteiger partial charge in [0.05, 0.1) is 18.5 Å². The van der Waals surface area contributed by atoms with E-state index in [1.807, 2.05) is 48.7 Å². The Morgan fingerprint density at radius 2 is 1.90 bits per heavy atom. The van der Waals surface area contributed by atoms with Crippen LogP contribution in [-0.4, -0.2) is 69.0 Å². The van der Waals surface area contributed by atoms with Crippen LogP contribution in [0.15, 0.2) is 30.3 Å². The second-order valence-corrected chi connectivity index (χ2v) is 8.11. The number of hydrogen-bond donors (Lipinski definition) is 1. The minimum Gasteiger partial charge on any atom is -0.497 e. The maximum Gasteiger partial charge on any atom is 0.271 e.